The average molecular weight is 294 g/mol. The number of amides is 1. The van der Waals surface area contributed by atoms with Gasteiger partial charge in [0.05, 0.1) is 6.10 Å². The molecule has 1 aromatic rings. The number of hydrogen-bond acceptors (Lipinski definition) is 3. The van der Waals surface area contributed by atoms with Gasteiger partial charge in [-0.05, 0) is 71.1 Å². The molecule has 2 N–H and O–H groups in total. The van der Waals surface area contributed by atoms with Crippen LogP contribution in [0.1, 0.15) is 45.0 Å². The highest BCUT2D eigenvalue weighted by Gasteiger charge is 2.14. The standard InChI is InChI=1S/C15H22N2O2S/c1-10(2)19-12-8-6-11(7-9-12)13(18)16-14(20)17-15(3,4)5/h6-10H,1-5H3,(H2,16,17,18,20). The molecule has 4 nitrogen and oxygen atoms in total. The van der Waals surface area contributed by atoms with Crippen molar-refractivity contribution in [3.05, 3.63) is 29.8 Å². The van der Waals surface area contributed by atoms with E-state index in [-0.39, 0.29) is 17.6 Å². The average Bonchev–Trinajstić information content (AvgIpc) is 2.26. The van der Waals surface area contributed by atoms with Crippen molar-refractivity contribution in [3.8, 4) is 5.75 Å². The molecule has 0 unspecified atom stereocenters. The maximum atomic E-state index is 12.0. The fourth-order valence-electron chi connectivity index (χ4n) is 1.50. The molecule has 0 fully saturated rings. The SMILES string of the molecule is CC(C)Oc1ccc(C(=O)NC(=S)NC(C)(C)C)cc1. The maximum Gasteiger partial charge on any atom is 0.257 e. The number of carbonyl (C=O) groups is 1. The summed E-state index contributed by atoms with van der Waals surface area (Å²) in [5, 5.41) is 6.01. The number of benzene rings is 1. The van der Waals surface area contributed by atoms with Crippen molar-refractivity contribution >= 4 is 23.2 Å². The van der Waals surface area contributed by atoms with Crippen LogP contribution in [0.3, 0.4) is 0 Å². The van der Waals surface area contributed by atoms with E-state index < -0.39 is 0 Å². The zero-order chi connectivity index (χ0) is 15.3. The van der Waals surface area contributed by atoms with Crippen LogP contribution in [0, 0.1) is 0 Å². The Morgan fingerprint density at radius 3 is 2.20 bits per heavy atom. The minimum Gasteiger partial charge on any atom is -0.491 e. The Balaban J connectivity index is 2.62. The summed E-state index contributed by atoms with van der Waals surface area (Å²) in [5.74, 6) is 0.509. The molecule has 0 heterocycles. The van der Waals surface area contributed by atoms with Gasteiger partial charge in [-0.2, -0.15) is 0 Å². The first-order chi connectivity index (χ1) is 9.17. The Morgan fingerprint density at radius 1 is 1.20 bits per heavy atom. The molecule has 0 aliphatic rings. The van der Waals surface area contributed by atoms with Crippen molar-refractivity contribution in [3.63, 3.8) is 0 Å². The summed E-state index contributed by atoms with van der Waals surface area (Å²) in [4.78, 5) is 12.0. The lowest BCUT2D eigenvalue weighted by molar-refractivity contribution is 0.0976. The van der Waals surface area contributed by atoms with Crippen LogP contribution in [0.25, 0.3) is 0 Å². The molecule has 0 aromatic heterocycles. The van der Waals surface area contributed by atoms with Gasteiger partial charge >= 0.3 is 0 Å². The van der Waals surface area contributed by atoms with Gasteiger partial charge in [-0.25, -0.2) is 0 Å². The predicted molar refractivity (Wildman–Crippen MR) is 85.2 cm³/mol. The lowest BCUT2D eigenvalue weighted by Crippen LogP contribution is -2.48. The van der Waals surface area contributed by atoms with Gasteiger partial charge in [0.25, 0.3) is 5.91 Å². The summed E-state index contributed by atoms with van der Waals surface area (Å²) in [7, 11) is 0. The molecule has 1 aromatic carbocycles. The first-order valence-electron chi connectivity index (χ1n) is 6.57. The maximum absolute atomic E-state index is 12.0. The van der Waals surface area contributed by atoms with Crippen molar-refractivity contribution in [1.29, 1.82) is 0 Å². The van der Waals surface area contributed by atoms with E-state index in [0.29, 0.717) is 10.7 Å². The van der Waals surface area contributed by atoms with Crippen molar-refractivity contribution in [2.75, 3.05) is 0 Å². The minimum absolute atomic E-state index is 0.109. The van der Waals surface area contributed by atoms with Crippen molar-refractivity contribution in [2.24, 2.45) is 0 Å². The van der Waals surface area contributed by atoms with Gasteiger partial charge in [-0.15, -0.1) is 0 Å². The van der Waals surface area contributed by atoms with Gasteiger partial charge < -0.3 is 10.1 Å². The van der Waals surface area contributed by atoms with Crippen LogP contribution < -0.4 is 15.4 Å². The van der Waals surface area contributed by atoms with E-state index in [0.717, 1.165) is 5.75 Å². The summed E-state index contributed by atoms with van der Waals surface area (Å²) >= 11 is 5.09. The van der Waals surface area contributed by atoms with Crippen LogP contribution >= 0.6 is 12.2 Å². The van der Waals surface area contributed by atoms with Gasteiger partial charge in [0.1, 0.15) is 5.75 Å². The van der Waals surface area contributed by atoms with Gasteiger partial charge in [-0.1, -0.05) is 0 Å². The highest BCUT2D eigenvalue weighted by molar-refractivity contribution is 7.80. The van der Waals surface area contributed by atoms with E-state index in [1.807, 2.05) is 34.6 Å². The van der Waals surface area contributed by atoms with Crippen molar-refractivity contribution in [2.45, 2.75) is 46.3 Å². The highest BCUT2D eigenvalue weighted by Crippen LogP contribution is 2.13. The first kappa shape index (κ1) is 16.4. The summed E-state index contributed by atoms with van der Waals surface area (Å²) in [6, 6.07) is 6.98. The van der Waals surface area contributed by atoms with Crippen LogP contribution in [-0.4, -0.2) is 22.7 Å². The predicted octanol–water partition coefficient (Wildman–Crippen LogP) is 2.88. The Morgan fingerprint density at radius 2 is 1.75 bits per heavy atom. The molecule has 0 atom stereocenters. The number of hydrogen-bond donors (Lipinski definition) is 2. The zero-order valence-corrected chi connectivity index (χ0v) is 13.4. The molecule has 110 valence electrons. The number of thiocarbonyl (C=S) groups is 1. The molecular weight excluding hydrogens is 272 g/mol. The molecule has 20 heavy (non-hydrogen) atoms. The monoisotopic (exact) mass is 294 g/mol. The van der Waals surface area contributed by atoms with E-state index in [1.54, 1.807) is 24.3 Å². The van der Waals surface area contributed by atoms with Crippen molar-refractivity contribution < 1.29 is 9.53 Å². The number of ether oxygens (including phenoxy) is 1. The van der Waals surface area contributed by atoms with E-state index in [2.05, 4.69) is 10.6 Å². The van der Waals surface area contributed by atoms with Gasteiger partial charge in [0.2, 0.25) is 0 Å². The van der Waals surface area contributed by atoms with E-state index in [9.17, 15) is 4.79 Å². The third-order valence-electron chi connectivity index (χ3n) is 2.20. The topological polar surface area (TPSA) is 50.4 Å². The quantitative estimate of drug-likeness (QED) is 0.842. The molecule has 0 aliphatic heterocycles. The van der Waals surface area contributed by atoms with E-state index in [4.69, 9.17) is 17.0 Å². The lowest BCUT2D eigenvalue weighted by Gasteiger charge is -2.22. The summed E-state index contributed by atoms with van der Waals surface area (Å²) in [5.41, 5.74) is 0.360. The van der Waals surface area contributed by atoms with Crippen LogP contribution in [0.15, 0.2) is 24.3 Å². The highest BCUT2D eigenvalue weighted by atomic mass is 32.1. The normalized spacial score (nSPS) is 11.1. The number of carbonyl (C=O) groups excluding carboxylic acids is 1. The fourth-order valence-corrected chi connectivity index (χ4v) is 1.90. The minimum atomic E-state index is -0.233. The Hall–Kier alpha value is -1.62. The smallest absolute Gasteiger partial charge is 0.257 e. The van der Waals surface area contributed by atoms with Crippen LogP contribution in [-0.2, 0) is 0 Å². The van der Waals surface area contributed by atoms with Crippen LogP contribution in [0.5, 0.6) is 5.75 Å². The lowest BCUT2D eigenvalue weighted by atomic mass is 10.1. The Bertz CT molecular complexity index is 476. The first-order valence-corrected chi connectivity index (χ1v) is 6.98. The molecule has 0 bridgehead atoms. The molecule has 0 spiro atoms. The Labute approximate surface area is 125 Å². The zero-order valence-electron chi connectivity index (χ0n) is 12.6. The van der Waals surface area contributed by atoms with E-state index in [1.165, 1.54) is 0 Å². The molecule has 1 amide bonds. The van der Waals surface area contributed by atoms with Crippen LogP contribution in [0.4, 0.5) is 0 Å². The third-order valence-corrected chi connectivity index (χ3v) is 2.41. The second-order valence-corrected chi connectivity index (χ2v) is 6.26. The molecule has 0 radical (unpaired) electrons. The summed E-state index contributed by atoms with van der Waals surface area (Å²) in [6.45, 7) is 9.84. The van der Waals surface area contributed by atoms with E-state index >= 15 is 0 Å². The van der Waals surface area contributed by atoms with Gasteiger partial charge in [0.15, 0.2) is 5.11 Å². The molecular formula is C15H22N2O2S. The fraction of sp³-hybridized carbons (Fsp3) is 0.467. The van der Waals surface area contributed by atoms with Gasteiger partial charge in [0, 0.05) is 11.1 Å². The molecule has 0 saturated heterocycles. The second-order valence-electron chi connectivity index (χ2n) is 5.85. The van der Waals surface area contributed by atoms with Crippen molar-refractivity contribution in [1.82, 2.24) is 10.6 Å². The molecule has 0 saturated carbocycles. The Kier molecular flexibility index (Phi) is 5.51. The number of nitrogens with one attached hydrogen (secondary N) is 2. The van der Waals surface area contributed by atoms with Crippen LogP contribution in [0.2, 0.25) is 0 Å². The summed E-state index contributed by atoms with van der Waals surface area (Å²) in [6.07, 6.45) is 0.109. The summed E-state index contributed by atoms with van der Waals surface area (Å²) < 4.78 is 5.53. The number of rotatable bonds is 3. The molecule has 1 rings (SSSR count). The molecule has 5 heteroatoms. The molecule has 0 aliphatic carbocycles. The third kappa shape index (κ3) is 6.02. The second kappa shape index (κ2) is 6.70. The largest absolute Gasteiger partial charge is 0.491 e. The van der Waals surface area contributed by atoms with Gasteiger partial charge in [-0.3, -0.25) is 10.1 Å².